The molecule has 1 atom stereocenters. The molecule has 0 N–H and O–H groups in total. The quantitative estimate of drug-likeness (QED) is 0.329. The first-order valence-electron chi connectivity index (χ1n) is 13.9. The van der Waals surface area contributed by atoms with E-state index in [1.807, 2.05) is 53.2 Å². The molecule has 210 valence electrons. The molecular weight excluding hydrogens is 543 g/mol. The number of anilines is 1. The average molecular weight is 580 g/mol. The largest absolute Gasteiger partial charge is 0.336 e. The SMILES string of the molecule is CC(=O)N(C)C1(c2ccccc2)CCN(CC[C@]2(c3ccc(Cl)c(Cl)c3)CCC(=O)N(c3ccccn3)C2)CC1. The van der Waals surface area contributed by atoms with E-state index in [9.17, 15) is 9.59 Å². The Morgan fingerprint density at radius 2 is 1.68 bits per heavy atom. The van der Waals surface area contributed by atoms with Crippen molar-refractivity contribution < 1.29 is 9.59 Å². The van der Waals surface area contributed by atoms with Crippen LogP contribution < -0.4 is 4.90 Å². The molecule has 3 heterocycles. The number of nitrogens with zero attached hydrogens (tertiary/aromatic N) is 4. The van der Waals surface area contributed by atoms with E-state index in [0.29, 0.717) is 28.8 Å². The van der Waals surface area contributed by atoms with Gasteiger partial charge in [0, 0.05) is 51.6 Å². The lowest BCUT2D eigenvalue weighted by molar-refractivity contribution is -0.136. The number of hydrogen-bond acceptors (Lipinski definition) is 4. The van der Waals surface area contributed by atoms with Gasteiger partial charge in [-0.05, 0) is 67.6 Å². The molecular formula is C32H36Cl2N4O2. The number of amides is 2. The zero-order valence-corrected chi connectivity index (χ0v) is 24.7. The predicted molar refractivity (Wildman–Crippen MR) is 161 cm³/mol. The molecule has 5 rings (SSSR count). The van der Waals surface area contributed by atoms with Crippen LogP contribution in [0.2, 0.25) is 10.0 Å². The highest BCUT2D eigenvalue weighted by molar-refractivity contribution is 6.42. The van der Waals surface area contributed by atoms with Crippen molar-refractivity contribution in [2.75, 3.05) is 38.1 Å². The van der Waals surface area contributed by atoms with E-state index in [2.05, 4.69) is 40.2 Å². The second-order valence-corrected chi connectivity index (χ2v) is 12.0. The molecule has 0 unspecified atom stereocenters. The molecule has 2 aromatic carbocycles. The van der Waals surface area contributed by atoms with Gasteiger partial charge in [-0.2, -0.15) is 0 Å². The number of aromatic nitrogens is 1. The second-order valence-electron chi connectivity index (χ2n) is 11.1. The first-order valence-corrected chi connectivity index (χ1v) is 14.7. The van der Waals surface area contributed by atoms with Gasteiger partial charge >= 0.3 is 0 Å². The number of hydrogen-bond donors (Lipinski definition) is 0. The van der Waals surface area contributed by atoms with E-state index in [-0.39, 0.29) is 22.8 Å². The molecule has 6 nitrogen and oxygen atoms in total. The molecule has 2 saturated heterocycles. The normalized spacial score (nSPS) is 21.3. The molecule has 2 aliphatic heterocycles. The van der Waals surface area contributed by atoms with Crippen LogP contribution in [0.4, 0.5) is 5.82 Å². The number of piperidine rings is 2. The van der Waals surface area contributed by atoms with Gasteiger partial charge in [0.05, 0.1) is 15.6 Å². The van der Waals surface area contributed by atoms with Crippen molar-refractivity contribution in [1.82, 2.24) is 14.8 Å². The fourth-order valence-electron chi connectivity index (χ4n) is 6.47. The summed E-state index contributed by atoms with van der Waals surface area (Å²) in [6.07, 6.45) is 5.50. The zero-order chi connectivity index (χ0) is 28.3. The fraction of sp³-hybridized carbons (Fsp3) is 0.406. The summed E-state index contributed by atoms with van der Waals surface area (Å²) >= 11 is 12.8. The van der Waals surface area contributed by atoms with Crippen molar-refractivity contribution in [2.45, 2.75) is 50.0 Å². The Kier molecular flexibility index (Phi) is 8.50. The number of halogens is 2. The summed E-state index contributed by atoms with van der Waals surface area (Å²) in [4.78, 5) is 36.3. The van der Waals surface area contributed by atoms with Crippen molar-refractivity contribution >= 4 is 40.8 Å². The van der Waals surface area contributed by atoms with Crippen molar-refractivity contribution in [3.63, 3.8) is 0 Å². The maximum absolute atomic E-state index is 13.1. The molecule has 40 heavy (non-hydrogen) atoms. The lowest BCUT2D eigenvalue weighted by atomic mass is 9.71. The van der Waals surface area contributed by atoms with Gasteiger partial charge in [-0.15, -0.1) is 0 Å². The molecule has 8 heteroatoms. The Bertz CT molecular complexity index is 1350. The van der Waals surface area contributed by atoms with Gasteiger partial charge in [-0.25, -0.2) is 4.98 Å². The molecule has 0 aliphatic carbocycles. The molecule has 0 spiro atoms. The van der Waals surface area contributed by atoms with Crippen LogP contribution in [-0.2, 0) is 20.5 Å². The average Bonchev–Trinajstić information content (AvgIpc) is 2.99. The molecule has 0 saturated carbocycles. The number of benzene rings is 2. The van der Waals surface area contributed by atoms with E-state index in [1.54, 1.807) is 13.1 Å². The highest BCUT2D eigenvalue weighted by Gasteiger charge is 2.44. The molecule has 2 amide bonds. The Balaban J connectivity index is 1.38. The molecule has 0 radical (unpaired) electrons. The van der Waals surface area contributed by atoms with Gasteiger partial charge in [0.25, 0.3) is 0 Å². The number of likely N-dealkylation sites (tertiary alicyclic amines) is 1. The van der Waals surface area contributed by atoms with Crippen LogP contribution >= 0.6 is 23.2 Å². The number of carbonyl (C=O) groups is 2. The van der Waals surface area contributed by atoms with Crippen molar-refractivity contribution in [1.29, 1.82) is 0 Å². The third-order valence-corrected chi connectivity index (χ3v) is 9.79. The number of pyridine rings is 1. The van der Waals surface area contributed by atoms with Crippen LogP contribution in [0.25, 0.3) is 0 Å². The van der Waals surface area contributed by atoms with E-state index < -0.39 is 0 Å². The van der Waals surface area contributed by atoms with Crippen LogP contribution in [0.5, 0.6) is 0 Å². The summed E-state index contributed by atoms with van der Waals surface area (Å²) in [6, 6.07) is 21.9. The highest BCUT2D eigenvalue weighted by Crippen LogP contribution is 2.42. The topological polar surface area (TPSA) is 56.8 Å². The monoisotopic (exact) mass is 578 g/mol. The Morgan fingerprint density at radius 3 is 2.33 bits per heavy atom. The van der Waals surface area contributed by atoms with Crippen molar-refractivity contribution in [3.8, 4) is 0 Å². The minimum Gasteiger partial charge on any atom is -0.336 e. The fourth-order valence-corrected chi connectivity index (χ4v) is 6.77. The third kappa shape index (κ3) is 5.63. The van der Waals surface area contributed by atoms with E-state index in [4.69, 9.17) is 23.2 Å². The molecule has 2 aliphatic rings. The van der Waals surface area contributed by atoms with Gasteiger partial charge in [0.15, 0.2) is 0 Å². The molecule has 1 aromatic heterocycles. The molecule has 0 bridgehead atoms. The summed E-state index contributed by atoms with van der Waals surface area (Å²) in [7, 11) is 1.93. The van der Waals surface area contributed by atoms with Crippen LogP contribution in [0.3, 0.4) is 0 Å². The molecule has 2 fully saturated rings. The smallest absolute Gasteiger partial charge is 0.228 e. The van der Waals surface area contributed by atoms with Crippen molar-refractivity contribution in [2.24, 2.45) is 0 Å². The zero-order valence-electron chi connectivity index (χ0n) is 23.2. The van der Waals surface area contributed by atoms with Gasteiger partial charge in [0.2, 0.25) is 11.8 Å². The van der Waals surface area contributed by atoms with Crippen LogP contribution in [0, 0.1) is 0 Å². The number of carbonyl (C=O) groups excluding carboxylic acids is 2. The van der Waals surface area contributed by atoms with E-state index in [1.165, 1.54) is 5.56 Å². The second kappa shape index (κ2) is 11.9. The summed E-state index contributed by atoms with van der Waals surface area (Å²) in [5, 5.41) is 1.05. The maximum Gasteiger partial charge on any atom is 0.228 e. The summed E-state index contributed by atoms with van der Waals surface area (Å²) in [6.45, 7) is 4.82. The lowest BCUT2D eigenvalue weighted by Gasteiger charge is -2.49. The van der Waals surface area contributed by atoms with Gasteiger partial charge in [0.1, 0.15) is 5.82 Å². The maximum atomic E-state index is 13.1. The van der Waals surface area contributed by atoms with Crippen LogP contribution in [0.15, 0.2) is 72.9 Å². The van der Waals surface area contributed by atoms with E-state index >= 15 is 0 Å². The minimum absolute atomic E-state index is 0.0809. The van der Waals surface area contributed by atoms with Gasteiger partial charge in [-0.1, -0.05) is 65.7 Å². The van der Waals surface area contributed by atoms with Gasteiger partial charge < -0.3 is 9.80 Å². The van der Waals surface area contributed by atoms with E-state index in [0.717, 1.165) is 50.9 Å². The number of rotatable bonds is 7. The summed E-state index contributed by atoms with van der Waals surface area (Å²) < 4.78 is 0. The first-order chi connectivity index (χ1) is 19.2. The Hall–Kier alpha value is -2.93. The van der Waals surface area contributed by atoms with Crippen LogP contribution in [-0.4, -0.2) is 59.8 Å². The summed E-state index contributed by atoms with van der Waals surface area (Å²) in [5.74, 6) is 0.846. The highest BCUT2D eigenvalue weighted by atomic mass is 35.5. The Labute approximate surface area is 246 Å². The van der Waals surface area contributed by atoms with Crippen LogP contribution in [0.1, 0.15) is 50.2 Å². The molecule has 3 aromatic rings. The van der Waals surface area contributed by atoms with Gasteiger partial charge in [-0.3, -0.25) is 14.5 Å². The third-order valence-electron chi connectivity index (χ3n) is 9.05. The van der Waals surface area contributed by atoms with Crippen molar-refractivity contribution in [3.05, 3.63) is 94.1 Å². The standard InChI is InChI=1S/C32H36Cl2N4O2/c1-24(39)36(2)32(25-8-4-3-5-9-25)16-20-37(21-17-32)19-15-31(26-11-12-27(33)28(34)22-26)14-13-30(40)38(23-31)29-10-6-7-18-35-29/h3-12,18,22H,13-17,19-21,23H2,1-2H3/t31-/m1/s1. The summed E-state index contributed by atoms with van der Waals surface area (Å²) in [5.41, 5.74) is 1.70. The lowest BCUT2D eigenvalue weighted by Crippen LogP contribution is -2.54. The Morgan fingerprint density at radius 1 is 0.950 bits per heavy atom. The first kappa shape index (κ1) is 28.6. The predicted octanol–water partition coefficient (Wildman–Crippen LogP) is 6.31. The minimum atomic E-state index is -0.308.